The van der Waals surface area contributed by atoms with Crippen molar-refractivity contribution in [2.75, 3.05) is 50.6 Å². The maximum absolute atomic E-state index is 12.3. The van der Waals surface area contributed by atoms with Crippen molar-refractivity contribution in [3.63, 3.8) is 0 Å². The molecule has 2 rings (SSSR count). The molecular weight excluding hydrogens is 342 g/mol. The molecular formula is C16H27N5O3S. The molecule has 1 unspecified atom stereocenters. The standard InChI is InChI=1S/C16H27N5O3S/c1-12-10-14(15(22)17-7-5-8-20(2)3)19-16(18-12)21(4)13-6-9-25(23,24)11-13/h10,13H,5-9,11H2,1-4H3,(H,17,22). The minimum absolute atomic E-state index is 0.104. The third-order valence-corrected chi connectivity index (χ3v) is 5.96. The number of hydrogen-bond donors (Lipinski definition) is 1. The van der Waals surface area contributed by atoms with Gasteiger partial charge in [-0.05, 0) is 46.5 Å². The molecule has 140 valence electrons. The highest BCUT2D eigenvalue weighted by atomic mass is 32.2. The molecule has 0 aromatic carbocycles. The van der Waals surface area contributed by atoms with E-state index >= 15 is 0 Å². The van der Waals surface area contributed by atoms with Crippen LogP contribution >= 0.6 is 0 Å². The van der Waals surface area contributed by atoms with Gasteiger partial charge in [-0.3, -0.25) is 4.79 Å². The van der Waals surface area contributed by atoms with E-state index in [1.807, 2.05) is 14.1 Å². The highest BCUT2D eigenvalue weighted by Crippen LogP contribution is 2.20. The summed E-state index contributed by atoms with van der Waals surface area (Å²) in [4.78, 5) is 24.8. The van der Waals surface area contributed by atoms with Crippen molar-refractivity contribution in [2.45, 2.75) is 25.8 Å². The van der Waals surface area contributed by atoms with Crippen molar-refractivity contribution in [3.8, 4) is 0 Å². The maximum atomic E-state index is 12.3. The summed E-state index contributed by atoms with van der Waals surface area (Å²) >= 11 is 0. The summed E-state index contributed by atoms with van der Waals surface area (Å²) in [5.41, 5.74) is 0.983. The zero-order chi connectivity index (χ0) is 18.6. The number of anilines is 1. The van der Waals surface area contributed by atoms with E-state index in [-0.39, 0.29) is 23.5 Å². The number of aryl methyl sites for hydroxylation is 1. The molecule has 0 spiro atoms. The normalized spacial score (nSPS) is 19.2. The highest BCUT2D eigenvalue weighted by Gasteiger charge is 2.32. The number of nitrogens with zero attached hydrogens (tertiary/aromatic N) is 4. The van der Waals surface area contributed by atoms with Crippen LogP contribution < -0.4 is 10.2 Å². The number of rotatable bonds is 7. The summed E-state index contributed by atoms with van der Waals surface area (Å²) < 4.78 is 23.4. The van der Waals surface area contributed by atoms with Gasteiger partial charge in [-0.2, -0.15) is 0 Å². The van der Waals surface area contributed by atoms with Gasteiger partial charge in [0, 0.05) is 25.3 Å². The quantitative estimate of drug-likeness (QED) is 0.681. The van der Waals surface area contributed by atoms with E-state index in [4.69, 9.17) is 0 Å². The largest absolute Gasteiger partial charge is 0.351 e. The van der Waals surface area contributed by atoms with E-state index in [2.05, 4.69) is 20.2 Å². The smallest absolute Gasteiger partial charge is 0.270 e. The molecule has 1 N–H and O–H groups in total. The van der Waals surface area contributed by atoms with Crippen molar-refractivity contribution in [1.82, 2.24) is 20.2 Å². The van der Waals surface area contributed by atoms with E-state index in [1.54, 1.807) is 24.9 Å². The third kappa shape index (κ3) is 5.64. The van der Waals surface area contributed by atoms with E-state index in [0.29, 0.717) is 30.3 Å². The molecule has 1 aromatic rings. The number of sulfone groups is 1. The van der Waals surface area contributed by atoms with Crippen LogP contribution in [0.5, 0.6) is 0 Å². The van der Waals surface area contributed by atoms with Gasteiger partial charge in [0.1, 0.15) is 5.69 Å². The first-order valence-electron chi connectivity index (χ1n) is 8.40. The first kappa shape index (κ1) is 19.6. The van der Waals surface area contributed by atoms with Crippen LogP contribution in [-0.2, 0) is 9.84 Å². The number of hydrogen-bond acceptors (Lipinski definition) is 7. The van der Waals surface area contributed by atoms with Crippen LogP contribution in [0.2, 0.25) is 0 Å². The molecule has 1 atom stereocenters. The lowest BCUT2D eigenvalue weighted by molar-refractivity contribution is 0.0947. The average molecular weight is 369 g/mol. The molecule has 1 fully saturated rings. The van der Waals surface area contributed by atoms with Crippen molar-refractivity contribution < 1.29 is 13.2 Å². The number of carbonyl (C=O) groups excluding carboxylic acids is 1. The Balaban J connectivity index is 2.05. The van der Waals surface area contributed by atoms with Gasteiger partial charge in [0.25, 0.3) is 5.91 Å². The summed E-state index contributed by atoms with van der Waals surface area (Å²) in [6, 6.07) is 1.49. The van der Waals surface area contributed by atoms with E-state index in [0.717, 1.165) is 13.0 Å². The lowest BCUT2D eigenvalue weighted by atomic mass is 10.2. The van der Waals surface area contributed by atoms with Gasteiger partial charge in [0.05, 0.1) is 11.5 Å². The molecule has 25 heavy (non-hydrogen) atoms. The molecule has 1 aliphatic heterocycles. The number of carbonyl (C=O) groups is 1. The van der Waals surface area contributed by atoms with Crippen molar-refractivity contribution in [1.29, 1.82) is 0 Å². The summed E-state index contributed by atoms with van der Waals surface area (Å²) in [6.45, 7) is 3.27. The SMILES string of the molecule is Cc1cc(C(=O)NCCCN(C)C)nc(N(C)C2CCS(=O)(=O)C2)n1. The van der Waals surface area contributed by atoms with E-state index in [1.165, 1.54) is 0 Å². The molecule has 1 aliphatic rings. The van der Waals surface area contributed by atoms with Crippen LogP contribution in [0.1, 0.15) is 29.0 Å². The van der Waals surface area contributed by atoms with Crippen LogP contribution in [-0.4, -0.2) is 81.0 Å². The predicted molar refractivity (Wildman–Crippen MR) is 97.7 cm³/mol. The summed E-state index contributed by atoms with van der Waals surface area (Å²) in [5, 5.41) is 2.86. The lowest BCUT2D eigenvalue weighted by Gasteiger charge is -2.23. The fourth-order valence-corrected chi connectivity index (χ4v) is 4.53. The molecule has 2 heterocycles. The number of nitrogens with one attached hydrogen (secondary N) is 1. The van der Waals surface area contributed by atoms with Gasteiger partial charge in [-0.1, -0.05) is 0 Å². The van der Waals surface area contributed by atoms with Gasteiger partial charge < -0.3 is 15.1 Å². The first-order valence-corrected chi connectivity index (χ1v) is 10.2. The molecule has 0 bridgehead atoms. The first-order chi connectivity index (χ1) is 11.7. The molecule has 8 nitrogen and oxygen atoms in total. The monoisotopic (exact) mass is 369 g/mol. The Morgan fingerprint density at radius 3 is 2.64 bits per heavy atom. The van der Waals surface area contributed by atoms with Gasteiger partial charge in [-0.15, -0.1) is 0 Å². The van der Waals surface area contributed by atoms with Gasteiger partial charge >= 0.3 is 0 Å². The molecule has 0 saturated carbocycles. The van der Waals surface area contributed by atoms with Crippen LogP contribution in [0.3, 0.4) is 0 Å². The van der Waals surface area contributed by atoms with Gasteiger partial charge in [0.2, 0.25) is 5.95 Å². The maximum Gasteiger partial charge on any atom is 0.270 e. The zero-order valence-electron chi connectivity index (χ0n) is 15.3. The van der Waals surface area contributed by atoms with Crippen LogP contribution in [0.15, 0.2) is 6.07 Å². The second-order valence-corrected chi connectivity index (χ2v) is 9.00. The fraction of sp³-hybridized carbons (Fsp3) is 0.688. The summed E-state index contributed by atoms with van der Waals surface area (Å²) in [7, 11) is 2.76. The average Bonchev–Trinajstić information content (AvgIpc) is 2.89. The minimum Gasteiger partial charge on any atom is -0.351 e. The number of amides is 1. The van der Waals surface area contributed by atoms with Gasteiger partial charge in [-0.25, -0.2) is 18.4 Å². The van der Waals surface area contributed by atoms with Crippen molar-refractivity contribution in [2.24, 2.45) is 0 Å². The Hall–Kier alpha value is -1.74. The van der Waals surface area contributed by atoms with Crippen molar-refractivity contribution >= 4 is 21.7 Å². The summed E-state index contributed by atoms with van der Waals surface area (Å²) in [5.74, 6) is 0.443. The Morgan fingerprint density at radius 1 is 1.32 bits per heavy atom. The lowest BCUT2D eigenvalue weighted by Crippen LogP contribution is -2.35. The molecule has 0 aliphatic carbocycles. The van der Waals surface area contributed by atoms with Gasteiger partial charge in [0.15, 0.2) is 9.84 Å². The topological polar surface area (TPSA) is 95.5 Å². The highest BCUT2D eigenvalue weighted by molar-refractivity contribution is 7.91. The zero-order valence-corrected chi connectivity index (χ0v) is 16.1. The van der Waals surface area contributed by atoms with Crippen LogP contribution in [0, 0.1) is 6.92 Å². The second-order valence-electron chi connectivity index (χ2n) is 6.78. The van der Waals surface area contributed by atoms with E-state index < -0.39 is 9.84 Å². The van der Waals surface area contributed by atoms with Crippen molar-refractivity contribution in [3.05, 3.63) is 17.5 Å². The van der Waals surface area contributed by atoms with E-state index in [9.17, 15) is 13.2 Å². The summed E-state index contributed by atoms with van der Waals surface area (Å²) in [6.07, 6.45) is 1.41. The molecule has 9 heteroatoms. The Bertz CT molecular complexity index is 720. The molecule has 0 radical (unpaired) electrons. The van der Waals surface area contributed by atoms with Crippen LogP contribution in [0.25, 0.3) is 0 Å². The Kier molecular flexibility index (Phi) is 6.34. The Morgan fingerprint density at radius 2 is 2.04 bits per heavy atom. The molecule has 1 saturated heterocycles. The minimum atomic E-state index is -2.99. The third-order valence-electron chi connectivity index (χ3n) is 4.21. The molecule has 1 amide bonds. The van der Waals surface area contributed by atoms with Crippen LogP contribution in [0.4, 0.5) is 5.95 Å². The fourth-order valence-electron chi connectivity index (χ4n) is 2.76. The predicted octanol–water partition coefficient (Wildman–Crippen LogP) is 0.0898. The Labute approximate surface area is 149 Å². The number of aromatic nitrogens is 2. The molecule has 1 aromatic heterocycles. The second kappa shape index (κ2) is 8.09.